The zero-order chi connectivity index (χ0) is 14.8. The minimum absolute atomic E-state index is 0.0545. The number of aliphatic hydroxyl groups is 1. The van der Waals surface area contributed by atoms with E-state index >= 15 is 0 Å². The number of hydrogen-bond acceptors (Lipinski definition) is 4. The number of nitrogens with one attached hydrogen (secondary N) is 1. The van der Waals surface area contributed by atoms with Crippen LogP contribution in [0.5, 0.6) is 0 Å². The van der Waals surface area contributed by atoms with Crippen LogP contribution in [0.1, 0.15) is 30.7 Å². The molecule has 0 aliphatic carbocycles. The Morgan fingerprint density at radius 1 is 1.50 bits per heavy atom. The van der Waals surface area contributed by atoms with Crippen molar-refractivity contribution in [3.05, 3.63) is 21.9 Å². The van der Waals surface area contributed by atoms with Crippen molar-refractivity contribution in [3.63, 3.8) is 0 Å². The summed E-state index contributed by atoms with van der Waals surface area (Å²) in [5.74, 6) is 6.07. The second kappa shape index (κ2) is 9.54. The van der Waals surface area contributed by atoms with E-state index in [1.807, 2.05) is 25.3 Å². The van der Waals surface area contributed by atoms with Crippen LogP contribution >= 0.6 is 11.3 Å². The van der Waals surface area contributed by atoms with E-state index in [0.717, 1.165) is 18.7 Å². The van der Waals surface area contributed by atoms with Gasteiger partial charge in [0.2, 0.25) is 5.91 Å². The second-order valence-corrected chi connectivity index (χ2v) is 5.29. The first kappa shape index (κ1) is 16.7. The van der Waals surface area contributed by atoms with Crippen molar-refractivity contribution in [2.24, 2.45) is 0 Å². The lowest BCUT2D eigenvalue weighted by atomic mass is 10.2. The molecule has 0 atom stereocenters. The van der Waals surface area contributed by atoms with Crippen LogP contribution in [0, 0.1) is 11.8 Å². The lowest BCUT2D eigenvalue weighted by molar-refractivity contribution is -0.122. The van der Waals surface area contributed by atoms with Crippen molar-refractivity contribution in [1.82, 2.24) is 10.2 Å². The minimum atomic E-state index is 0.0545. The number of aliphatic hydroxyl groups excluding tert-OH is 1. The summed E-state index contributed by atoms with van der Waals surface area (Å²) in [5.41, 5.74) is 0.998. The third-order valence-electron chi connectivity index (χ3n) is 2.76. The quantitative estimate of drug-likeness (QED) is 0.748. The highest BCUT2D eigenvalue weighted by atomic mass is 32.1. The van der Waals surface area contributed by atoms with Crippen LogP contribution in [0.4, 0.5) is 0 Å². The Morgan fingerprint density at radius 3 is 2.95 bits per heavy atom. The van der Waals surface area contributed by atoms with Crippen LogP contribution in [-0.2, 0) is 11.3 Å². The van der Waals surface area contributed by atoms with Gasteiger partial charge in [0.1, 0.15) is 0 Å². The number of rotatable bonds is 7. The fraction of sp³-hybridized carbons (Fsp3) is 0.533. The van der Waals surface area contributed by atoms with Gasteiger partial charge < -0.3 is 10.4 Å². The molecule has 0 unspecified atom stereocenters. The smallest absolute Gasteiger partial charge is 0.234 e. The molecule has 0 saturated carbocycles. The molecule has 1 heterocycles. The summed E-state index contributed by atoms with van der Waals surface area (Å²) in [6.45, 7) is 6.67. The van der Waals surface area contributed by atoms with Crippen LogP contribution < -0.4 is 5.32 Å². The Labute approximate surface area is 124 Å². The van der Waals surface area contributed by atoms with Gasteiger partial charge in [-0.05, 0) is 24.9 Å². The summed E-state index contributed by atoms with van der Waals surface area (Å²) in [4.78, 5) is 14.9. The van der Waals surface area contributed by atoms with E-state index in [4.69, 9.17) is 5.11 Å². The number of amides is 1. The summed E-state index contributed by atoms with van der Waals surface area (Å²) in [7, 11) is 0. The van der Waals surface area contributed by atoms with Gasteiger partial charge in [-0.2, -0.15) is 0 Å². The van der Waals surface area contributed by atoms with Gasteiger partial charge in [0.05, 0.1) is 13.2 Å². The number of likely N-dealkylation sites (N-methyl/N-ethyl adjacent to an activating group) is 2. The van der Waals surface area contributed by atoms with Gasteiger partial charge in [0.25, 0.3) is 0 Å². The molecule has 1 rings (SSSR count). The molecule has 0 spiro atoms. The highest BCUT2D eigenvalue weighted by molar-refractivity contribution is 7.10. The van der Waals surface area contributed by atoms with Crippen molar-refractivity contribution in [3.8, 4) is 11.8 Å². The van der Waals surface area contributed by atoms with Gasteiger partial charge in [-0.1, -0.05) is 18.8 Å². The zero-order valence-electron chi connectivity index (χ0n) is 12.1. The van der Waals surface area contributed by atoms with Crippen molar-refractivity contribution in [2.45, 2.75) is 26.8 Å². The normalized spacial score (nSPS) is 10.2. The highest BCUT2D eigenvalue weighted by Gasteiger charge is 2.11. The molecule has 1 amide bonds. The van der Waals surface area contributed by atoms with Gasteiger partial charge in [-0.25, -0.2) is 0 Å². The first-order chi connectivity index (χ1) is 9.71. The maximum absolute atomic E-state index is 11.6. The van der Waals surface area contributed by atoms with E-state index in [0.29, 0.717) is 19.5 Å². The van der Waals surface area contributed by atoms with Gasteiger partial charge in [-0.3, -0.25) is 9.69 Å². The fourth-order valence-corrected chi connectivity index (χ4v) is 2.60. The average molecular weight is 294 g/mol. The number of hydrogen-bond donors (Lipinski definition) is 2. The van der Waals surface area contributed by atoms with E-state index in [9.17, 15) is 4.79 Å². The molecular formula is C15H22N2O2S. The number of thiophene rings is 1. The monoisotopic (exact) mass is 294 g/mol. The summed E-state index contributed by atoms with van der Waals surface area (Å²) in [6, 6.07) is 1.99. The molecule has 110 valence electrons. The Hall–Kier alpha value is -1.35. The minimum Gasteiger partial charge on any atom is -0.395 e. The summed E-state index contributed by atoms with van der Waals surface area (Å²) < 4.78 is 0. The molecule has 4 nitrogen and oxygen atoms in total. The molecule has 1 aromatic heterocycles. The molecule has 0 aromatic carbocycles. The lowest BCUT2D eigenvalue weighted by Crippen LogP contribution is -2.36. The maximum atomic E-state index is 11.6. The molecular weight excluding hydrogens is 272 g/mol. The third-order valence-corrected chi connectivity index (χ3v) is 3.67. The number of carbonyl (C=O) groups is 1. The molecule has 0 aliphatic heterocycles. The van der Waals surface area contributed by atoms with Crippen LogP contribution in [0.3, 0.4) is 0 Å². The molecule has 0 bridgehead atoms. The molecule has 20 heavy (non-hydrogen) atoms. The molecule has 0 saturated heterocycles. The summed E-state index contributed by atoms with van der Waals surface area (Å²) >= 11 is 1.65. The van der Waals surface area contributed by atoms with Gasteiger partial charge in [-0.15, -0.1) is 11.3 Å². The SMILES string of the molecule is CCNC(=O)CN(CC)Cc1sccc1C#CCCO. The van der Waals surface area contributed by atoms with Crippen LogP contribution in [0.25, 0.3) is 0 Å². The van der Waals surface area contributed by atoms with E-state index in [1.54, 1.807) is 11.3 Å². The zero-order valence-corrected chi connectivity index (χ0v) is 12.9. The van der Waals surface area contributed by atoms with Gasteiger partial charge in [0.15, 0.2) is 0 Å². The first-order valence-corrected chi connectivity index (χ1v) is 7.74. The molecule has 0 fully saturated rings. The summed E-state index contributed by atoms with van der Waals surface area (Å²) in [6.07, 6.45) is 0.492. The van der Waals surface area contributed by atoms with E-state index in [2.05, 4.69) is 22.1 Å². The van der Waals surface area contributed by atoms with E-state index < -0.39 is 0 Å². The van der Waals surface area contributed by atoms with Crippen LogP contribution in [0.15, 0.2) is 11.4 Å². The molecule has 2 N–H and O–H groups in total. The van der Waals surface area contributed by atoms with Crippen molar-refractivity contribution >= 4 is 17.2 Å². The van der Waals surface area contributed by atoms with Crippen molar-refractivity contribution in [1.29, 1.82) is 0 Å². The topological polar surface area (TPSA) is 52.6 Å². The summed E-state index contributed by atoms with van der Waals surface area (Å²) in [5, 5.41) is 13.6. The van der Waals surface area contributed by atoms with E-state index in [1.165, 1.54) is 4.88 Å². The lowest BCUT2D eigenvalue weighted by Gasteiger charge is -2.19. The number of carbonyl (C=O) groups excluding carboxylic acids is 1. The van der Waals surface area contributed by atoms with Gasteiger partial charge >= 0.3 is 0 Å². The van der Waals surface area contributed by atoms with E-state index in [-0.39, 0.29) is 12.5 Å². The fourth-order valence-electron chi connectivity index (χ4n) is 1.73. The standard InChI is InChI=1S/C15H22N2O2S/c1-3-16-15(19)12-17(4-2)11-14-13(8-10-20-14)7-5-6-9-18/h8,10,18H,3-4,6,9,11-12H2,1-2H3,(H,16,19). The second-order valence-electron chi connectivity index (χ2n) is 4.29. The average Bonchev–Trinajstić information content (AvgIpc) is 2.86. The predicted molar refractivity (Wildman–Crippen MR) is 82.5 cm³/mol. The predicted octanol–water partition coefficient (Wildman–Crippen LogP) is 1.44. The Morgan fingerprint density at radius 2 is 2.30 bits per heavy atom. The van der Waals surface area contributed by atoms with Crippen LogP contribution in [-0.4, -0.2) is 42.2 Å². The van der Waals surface area contributed by atoms with Crippen molar-refractivity contribution < 1.29 is 9.90 Å². The Kier molecular flexibility index (Phi) is 7.97. The van der Waals surface area contributed by atoms with Crippen molar-refractivity contribution in [2.75, 3.05) is 26.2 Å². The first-order valence-electron chi connectivity index (χ1n) is 6.86. The molecule has 5 heteroatoms. The Balaban J connectivity index is 2.64. The molecule has 0 aliphatic rings. The molecule has 1 aromatic rings. The van der Waals surface area contributed by atoms with Gasteiger partial charge in [0, 0.05) is 30.0 Å². The molecule has 0 radical (unpaired) electrons. The Bertz CT molecular complexity index is 474. The number of nitrogens with zero attached hydrogens (tertiary/aromatic N) is 1. The maximum Gasteiger partial charge on any atom is 0.234 e. The largest absolute Gasteiger partial charge is 0.395 e. The third kappa shape index (κ3) is 5.74. The highest BCUT2D eigenvalue weighted by Crippen LogP contribution is 2.18. The van der Waals surface area contributed by atoms with Crippen LogP contribution in [0.2, 0.25) is 0 Å².